The fourth-order valence-corrected chi connectivity index (χ4v) is 1.77. The lowest BCUT2D eigenvalue weighted by Gasteiger charge is -2.05. The molecule has 1 N–H and O–H groups in total. The van der Waals surface area contributed by atoms with E-state index in [0.29, 0.717) is 5.02 Å². The Hall–Kier alpha value is -1.35. The van der Waals surface area contributed by atoms with E-state index < -0.39 is 0 Å². The summed E-state index contributed by atoms with van der Waals surface area (Å²) in [4.78, 5) is 11.5. The molecule has 0 spiro atoms. The van der Waals surface area contributed by atoms with Gasteiger partial charge in [0.2, 0.25) is 5.91 Å². The molecule has 0 radical (unpaired) electrons. The van der Waals surface area contributed by atoms with Crippen LogP contribution < -0.4 is 5.43 Å². The predicted molar refractivity (Wildman–Crippen MR) is 69.1 cm³/mol. The Balaban J connectivity index is 2.09. The van der Waals surface area contributed by atoms with Crippen molar-refractivity contribution in [1.29, 1.82) is 0 Å². The SMILES string of the molecule is CC/C(=N/NC(=O)C1CC1)c1cccc(Cl)c1. The minimum Gasteiger partial charge on any atom is -0.273 e. The van der Waals surface area contributed by atoms with Crippen LogP contribution >= 0.6 is 11.6 Å². The molecular formula is C13H15ClN2O. The number of amides is 1. The number of benzene rings is 1. The van der Waals surface area contributed by atoms with E-state index in [1.165, 1.54) is 0 Å². The lowest BCUT2D eigenvalue weighted by molar-refractivity contribution is -0.122. The predicted octanol–water partition coefficient (Wildman–Crippen LogP) is 2.98. The van der Waals surface area contributed by atoms with E-state index in [9.17, 15) is 4.79 Å². The third-order valence-electron chi connectivity index (χ3n) is 2.74. The standard InChI is InChI=1S/C13H15ClN2O/c1-2-12(10-4-3-5-11(14)8-10)15-16-13(17)9-6-7-9/h3-5,8-9H,2,6-7H2,1H3,(H,16,17)/b15-12-. The molecule has 1 saturated carbocycles. The van der Waals surface area contributed by atoms with Gasteiger partial charge in [-0.1, -0.05) is 30.7 Å². The summed E-state index contributed by atoms with van der Waals surface area (Å²) in [5.74, 6) is 0.203. The van der Waals surface area contributed by atoms with E-state index in [-0.39, 0.29) is 11.8 Å². The normalized spacial score (nSPS) is 15.8. The van der Waals surface area contributed by atoms with Crippen LogP contribution in [0.25, 0.3) is 0 Å². The number of nitrogens with one attached hydrogen (secondary N) is 1. The summed E-state index contributed by atoms with van der Waals surface area (Å²) in [6.45, 7) is 2.00. The molecule has 1 aromatic carbocycles. The summed E-state index contributed by atoms with van der Waals surface area (Å²) < 4.78 is 0. The van der Waals surface area contributed by atoms with Crippen LogP contribution in [0.5, 0.6) is 0 Å². The topological polar surface area (TPSA) is 41.5 Å². The highest BCUT2D eigenvalue weighted by molar-refractivity contribution is 6.31. The zero-order valence-electron chi connectivity index (χ0n) is 9.74. The smallest absolute Gasteiger partial charge is 0.243 e. The Morgan fingerprint density at radius 1 is 1.53 bits per heavy atom. The monoisotopic (exact) mass is 250 g/mol. The highest BCUT2D eigenvalue weighted by Gasteiger charge is 2.29. The maximum atomic E-state index is 11.5. The summed E-state index contributed by atoms with van der Waals surface area (Å²) in [5.41, 5.74) is 4.42. The third kappa shape index (κ3) is 3.30. The number of rotatable bonds is 4. The molecule has 3 nitrogen and oxygen atoms in total. The van der Waals surface area contributed by atoms with Gasteiger partial charge in [-0.2, -0.15) is 5.10 Å². The van der Waals surface area contributed by atoms with Gasteiger partial charge in [0.25, 0.3) is 0 Å². The van der Waals surface area contributed by atoms with Gasteiger partial charge >= 0.3 is 0 Å². The first-order valence-electron chi connectivity index (χ1n) is 5.83. The number of hydrogen-bond acceptors (Lipinski definition) is 2. The first-order chi connectivity index (χ1) is 8.20. The van der Waals surface area contributed by atoms with Crippen molar-refractivity contribution < 1.29 is 4.79 Å². The number of halogens is 1. The molecule has 1 fully saturated rings. The van der Waals surface area contributed by atoms with Crippen molar-refractivity contribution in [3.05, 3.63) is 34.9 Å². The lowest BCUT2D eigenvalue weighted by Crippen LogP contribution is -2.21. The molecule has 0 heterocycles. The van der Waals surface area contributed by atoms with E-state index >= 15 is 0 Å². The number of carbonyl (C=O) groups is 1. The number of nitrogens with zero attached hydrogens (tertiary/aromatic N) is 1. The maximum Gasteiger partial charge on any atom is 0.243 e. The molecule has 0 unspecified atom stereocenters. The second-order valence-corrected chi connectivity index (χ2v) is 4.61. The summed E-state index contributed by atoms with van der Waals surface area (Å²) in [6, 6.07) is 7.50. The van der Waals surface area contributed by atoms with E-state index in [4.69, 9.17) is 11.6 Å². The highest BCUT2D eigenvalue weighted by atomic mass is 35.5. The molecule has 0 aromatic heterocycles. The zero-order chi connectivity index (χ0) is 12.3. The van der Waals surface area contributed by atoms with Crippen molar-refractivity contribution in [2.24, 2.45) is 11.0 Å². The van der Waals surface area contributed by atoms with Crippen LogP contribution in [-0.4, -0.2) is 11.6 Å². The van der Waals surface area contributed by atoms with Crippen molar-refractivity contribution in [2.75, 3.05) is 0 Å². The molecule has 0 atom stereocenters. The van der Waals surface area contributed by atoms with Crippen molar-refractivity contribution in [1.82, 2.24) is 5.43 Å². The van der Waals surface area contributed by atoms with Crippen LogP contribution in [0, 0.1) is 5.92 Å². The van der Waals surface area contributed by atoms with Gasteiger partial charge in [0.15, 0.2) is 0 Å². The molecular weight excluding hydrogens is 236 g/mol. The van der Waals surface area contributed by atoms with E-state index in [2.05, 4.69) is 10.5 Å². The summed E-state index contributed by atoms with van der Waals surface area (Å²) >= 11 is 5.93. The Kier molecular flexibility index (Phi) is 3.79. The van der Waals surface area contributed by atoms with E-state index in [1.54, 1.807) is 0 Å². The second kappa shape index (κ2) is 5.32. The summed E-state index contributed by atoms with van der Waals surface area (Å²) in [5, 5.41) is 4.85. The highest BCUT2D eigenvalue weighted by Crippen LogP contribution is 2.28. The van der Waals surface area contributed by atoms with Gasteiger partial charge in [0.1, 0.15) is 0 Å². The van der Waals surface area contributed by atoms with Gasteiger partial charge in [-0.15, -0.1) is 0 Å². The van der Waals surface area contributed by atoms with E-state index in [1.807, 2.05) is 31.2 Å². The first-order valence-corrected chi connectivity index (χ1v) is 6.21. The molecule has 1 aliphatic rings. The van der Waals surface area contributed by atoms with Crippen LogP contribution in [0.4, 0.5) is 0 Å². The zero-order valence-corrected chi connectivity index (χ0v) is 10.5. The van der Waals surface area contributed by atoms with Gasteiger partial charge in [0, 0.05) is 10.9 Å². The first kappa shape index (κ1) is 12.1. The van der Waals surface area contributed by atoms with Crippen molar-refractivity contribution in [3.63, 3.8) is 0 Å². The number of hydrazone groups is 1. The third-order valence-corrected chi connectivity index (χ3v) is 2.98. The summed E-state index contributed by atoms with van der Waals surface area (Å²) in [6.07, 6.45) is 2.73. The van der Waals surface area contributed by atoms with E-state index in [0.717, 1.165) is 30.5 Å². The quantitative estimate of drug-likeness (QED) is 0.648. The van der Waals surface area contributed by atoms with Crippen LogP contribution in [-0.2, 0) is 4.79 Å². The average Bonchev–Trinajstić information content (AvgIpc) is 3.13. The summed E-state index contributed by atoms with van der Waals surface area (Å²) in [7, 11) is 0. The molecule has 4 heteroatoms. The van der Waals surface area contributed by atoms with Crippen LogP contribution in [0.2, 0.25) is 5.02 Å². The Morgan fingerprint density at radius 3 is 2.88 bits per heavy atom. The second-order valence-electron chi connectivity index (χ2n) is 4.17. The number of hydrogen-bond donors (Lipinski definition) is 1. The average molecular weight is 251 g/mol. The minimum absolute atomic E-state index is 0.0259. The minimum atomic E-state index is 0.0259. The molecule has 0 aliphatic heterocycles. The Morgan fingerprint density at radius 2 is 2.29 bits per heavy atom. The fourth-order valence-electron chi connectivity index (χ4n) is 1.58. The van der Waals surface area contributed by atoms with Gasteiger partial charge in [-0.05, 0) is 37.0 Å². The lowest BCUT2D eigenvalue weighted by atomic mass is 10.1. The van der Waals surface area contributed by atoms with Crippen LogP contribution in [0.15, 0.2) is 29.4 Å². The van der Waals surface area contributed by atoms with Gasteiger partial charge < -0.3 is 0 Å². The number of carbonyl (C=O) groups excluding carboxylic acids is 1. The molecule has 17 heavy (non-hydrogen) atoms. The molecule has 1 aliphatic carbocycles. The Bertz CT molecular complexity index is 452. The molecule has 0 bridgehead atoms. The molecule has 0 saturated heterocycles. The molecule has 90 valence electrons. The van der Waals surface area contributed by atoms with Gasteiger partial charge in [0.05, 0.1) is 5.71 Å². The van der Waals surface area contributed by atoms with Crippen LogP contribution in [0.3, 0.4) is 0 Å². The molecule has 2 rings (SSSR count). The van der Waals surface area contributed by atoms with Crippen molar-refractivity contribution >= 4 is 23.2 Å². The molecule has 1 aromatic rings. The van der Waals surface area contributed by atoms with Crippen LogP contribution in [0.1, 0.15) is 31.7 Å². The molecule has 1 amide bonds. The fraction of sp³-hybridized carbons (Fsp3) is 0.385. The van der Waals surface area contributed by atoms with Gasteiger partial charge in [-0.25, -0.2) is 5.43 Å². The maximum absolute atomic E-state index is 11.5. The largest absolute Gasteiger partial charge is 0.273 e. The van der Waals surface area contributed by atoms with Gasteiger partial charge in [-0.3, -0.25) is 4.79 Å². The van der Waals surface area contributed by atoms with Crippen molar-refractivity contribution in [3.8, 4) is 0 Å². The Labute approximate surface area is 106 Å². The van der Waals surface area contributed by atoms with Crippen molar-refractivity contribution in [2.45, 2.75) is 26.2 Å².